The molecule has 7 heteroatoms. The van der Waals surface area contributed by atoms with Crippen LogP contribution >= 0.6 is 0 Å². The van der Waals surface area contributed by atoms with Crippen LogP contribution in [0.5, 0.6) is 17.2 Å². The van der Waals surface area contributed by atoms with Gasteiger partial charge in [-0.25, -0.2) is 0 Å². The second-order valence-electron chi connectivity index (χ2n) is 5.81. The van der Waals surface area contributed by atoms with Crippen LogP contribution in [0.2, 0.25) is 0 Å². The third kappa shape index (κ3) is 4.32. The highest BCUT2D eigenvalue weighted by atomic mass is 16.5. The molecule has 1 amide bonds. The molecule has 144 valence electrons. The Hall–Kier alpha value is -3.74. The molecule has 1 aromatic heterocycles. The van der Waals surface area contributed by atoms with Crippen LogP contribution in [0.25, 0.3) is 0 Å². The van der Waals surface area contributed by atoms with Crippen molar-refractivity contribution in [2.45, 2.75) is 0 Å². The zero-order chi connectivity index (χ0) is 19.9. The Balaban J connectivity index is 1.79. The minimum absolute atomic E-state index is 0.306. The average molecular weight is 379 g/mol. The summed E-state index contributed by atoms with van der Waals surface area (Å²) < 4.78 is 15.8. The van der Waals surface area contributed by atoms with Crippen LogP contribution in [0.15, 0.2) is 60.9 Å². The first kappa shape index (κ1) is 19.0. The predicted octanol–water partition coefficient (Wildman–Crippen LogP) is 4.10. The summed E-state index contributed by atoms with van der Waals surface area (Å²) in [6.45, 7) is 0. The number of carbonyl (C=O) groups is 1. The molecule has 2 N–H and O–H groups in total. The second kappa shape index (κ2) is 8.77. The molecule has 0 atom stereocenters. The topological polar surface area (TPSA) is 81.7 Å². The van der Waals surface area contributed by atoms with E-state index in [1.54, 1.807) is 44.7 Å². The average Bonchev–Trinajstić information content (AvgIpc) is 2.74. The van der Waals surface area contributed by atoms with Gasteiger partial charge < -0.3 is 24.8 Å². The second-order valence-corrected chi connectivity index (χ2v) is 5.81. The van der Waals surface area contributed by atoms with Gasteiger partial charge in [0.1, 0.15) is 17.2 Å². The summed E-state index contributed by atoms with van der Waals surface area (Å²) in [4.78, 5) is 16.8. The highest BCUT2D eigenvalue weighted by Gasteiger charge is 2.12. The van der Waals surface area contributed by atoms with Gasteiger partial charge in [0, 0.05) is 12.3 Å². The molecule has 1 heterocycles. The minimum Gasteiger partial charge on any atom is -0.497 e. The van der Waals surface area contributed by atoms with Crippen LogP contribution in [0, 0.1) is 0 Å². The van der Waals surface area contributed by atoms with E-state index in [2.05, 4.69) is 15.6 Å². The SMILES string of the molecule is COc1ccc(NC(=O)c2cncc(Nc3ccccc3OC)c2)c(OC)c1. The Morgan fingerprint density at radius 1 is 0.857 bits per heavy atom. The van der Waals surface area contributed by atoms with Gasteiger partial charge >= 0.3 is 0 Å². The molecule has 7 nitrogen and oxygen atoms in total. The molecule has 0 bridgehead atoms. The number of ether oxygens (including phenoxy) is 3. The summed E-state index contributed by atoms with van der Waals surface area (Å²) in [5.41, 5.74) is 2.38. The van der Waals surface area contributed by atoms with Crippen molar-refractivity contribution in [1.82, 2.24) is 4.98 Å². The van der Waals surface area contributed by atoms with Crippen LogP contribution in [0.3, 0.4) is 0 Å². The Bertz CT molecular complexity index is 975. The fourth-order valence-corrected chi connectivity index (χ4v) is 2.63. The Kier molecular flexibility index (Phi) is 5.96. The van der Waals surface area contributed by atoms with Gasteiger partial charge in [-0.3, -0.25) is 9.78 Å². The largest absolute Gasteiger partial charge is 0.497 e. The number of benzene rings is 2. The number of aromatic nitrogens is 1. The summed E-state index contributed by atoms with van der Waals surface area (Å²) in [6, 6.07) is 14.4. The number of methoxy groups -OCH3 is 3. The van der Waals surface area contributed by atoms with E-state index in [4.69, 9.17) is 14.2 Å². The first-order valence-electron chi connectivity index (χ1n) is 8.53. The van der Waals surface area contributed by atoms with Gasteiger partial charge in [-0.1, -0.05) is 12.1 Å². The first-order valence-corrected chi connectivity index (χ1v) is 8.53. The van der Waals surface area contributed by atoms with E-state index in [-0.39, 0.29) is 5.91 Å². The molecule has 0 aliphatic heterocycles. The van der Waals surface area contributed by atoms with Crippen molar-refractivity contribution < 1.29 is 19.0 Å². The van der Waals surface area contributed by atoms with Crippen LogP contribution in [-0.4, -0.2) is 32.2 Å². The van der Waals surface area contributed by atoms with E-state index < -0.39 is 0 Å². The summed E-state index contributed by atoms with van der Waals surface area (Å²) in [7, 11) is 4.70. The summed E-state index contributed by atoms with van der Waals surface area (Å²) >= 11 is 0. The molecule has 0 spiro atoms. The molecular weight excluding hydrogens is 358 g/mol. The number of pyridine rings is 1. The fourth-order valence-electron chi connectivity index (χ4n) is 2.63. The number of nitrogens with zero attached hydrogens (tertiary/aromatic N) is 1. The highest BCUT2D eigenvalue weighted by molar-refractivity contribution is 6.05. The quantitative estimate of drug-likeness (QED) is 0.643. The van der Waals surface area contributed by atoms with Gasteiger partial charge in [-0.05, 0) is 30.3 Å². The van der Waals surface area contributed by atoms with Crippen molar-refractivity contribution in [2.75, 3.05) is 32.0 Å². The lowest BCUT2D eigenvalue weighted by Gasteiger charge is -2.13. The molecule has 0 aliphatic rings. The van der Waals surface area contributed by atoms with Gasteiger partial charge in [-0.15, -0.1) is 0 Å². The Labute approximate surface area is 163 Å². The Morgan fingerprint density at radius 3 is 2.39 bits per heavy atom. The molecule has 2 aromatic carbocycles. The van der Waals surface area contributed by atoms with Crippen LogP contribution in [0.1, 0.15) is 10.4 Å². The summed E-state index contributed by atoms with van der Waals surface area (Å²) in [5.74, 6) is 1.53. The standard InChI is InChI=1S/C21H21N3O4/c1-26-16-8-9-18(20(11-16)28-3)24-21(25)14-10-15(13-22-12-14)23-17-6-4-5-7-19(17)27-2/h4-13,23H,1-3H3,(H,24,25). The number of amides is 1. The van der Waals surface area contributed by atoms with Gasteiger partial charge in [0.2, 0.25) is 0 Å². The fraction of sp³-hybridized carbons (Fsp3) is 0.143. The van der Waals surface area contributed by atoms with Crippen molar-refractivity contribution in [3.63, 3.8) is 0 Å². The molecule has 0 saturated heterocycles. The van der Waals surface area contributed by atoms with Crippen LogP contribution in [0.4, 0.5) is 17.1 Å². The van der Waals surface area contributed by atoms with Crippen LogP contribution in [-0.2, 0) is 0 Å². The molecule has 0 aliphatic carbocycles. The van der Waals surface area contributed by atoms with E-state index in [1.165, 1.54) is 13.3 Å². The van der Waals surface area contributed by atoms with E-state index in [0.29, 0.717) is 34.2 Å². The number of hydrogen-bond acceptors (Lipinski definition) is 6. The van der Waals surface area contributed by atoms with Crippen molar-refractivity contribution in [1.29, 1.82) is 0 Å². The van der Waals surface area contributed by atoms with Gasteiger partial charge in [0.25, 0.3) is 5.91 Å². The normalized spacial score (nSPS) is 10.1. The molecule has 0 saturated carbocycles. The van der Waals surface area contributed by atoms with Crippen molar-refractivity contribution in [2.24, 2.45) is 0 Å². The van der Waals surface area contributed by atoms with Gasteiger partial charge in [0.15, 0.2) is 0 Å². The maximum Gasteiger partial charge on any atom is 0.257 e. The maximum absolute atomic E-state index is 12.7. The number of hydrogen-bond donors (Lipinski definition) is 2. The Morgan fingerprint density at radius 2 is 1.64 bits per heavy atom. The lowest BCUT2D eigenvalue weighted by atomic mass is 10.2. The number of rotatable bonds is 7. The number of carbonyl (C=O) groups excluding carboxylic acids is 1. The monoisotopic (exact) mass is 379 g/mol. The summed E-state index contributed by atoms with van der Waals surface area (Å²) in [6.07, 6.45) is 3.13. The summed E-state index contributed by atoms with van der Waals surface area (Å²) in [5, 5.41) is 6.04. The third-order valence-corrected chi connectivity index (χ3v) is 4.04. The zero-order valence-corrected chi connectivity index (χ0v) is 15.9. The van der Waals surface area contributed by atoms with Crippen molar-refractivity contribution >= 4 is 23.0 Å². The van der Waals surface area contributed by atoms with Crippen LogP contribution < -0.4 is 24.8 Å². The van der Waals surface area contributed by atoms with Gasteiger partial charge in [0.05, 0.1) is 50.2 Å². The minimum atomic E-state index is -0.306. The highest BCUT2D eigenvalue weighted by Crippen LogP contribution is 2.30. The maximum atomic E-state index is 12.7. The molecule has 3 aromatic rings. The molecule has 28 heavy (non-hydrogen) atoms. The number of para-hydroxylation sites is 2. The lowest BCUT2D eigenvalue weighted by molar-refractivity contribution is 0.102. The lowest BCUT2D eigenvalue weighted by Crippen LogP contribution is -2.13. The van der Waals surface area contributed by atoms with Crippen molar-refractivity contribution in [3.05, 3.63) is 66.5 Å². The zero-order valence-electron chi connectivity index (χ0n) is 15.9. The molecule has 0 unspecified atom stereocenters. The predicted molar refractivity (Wildman–Crippen MR) is 108 cm³/mol. The molecular formula is C21H21N3O4. The number of anilines is 3. The molecule has 0 fully saturated rings. The number of nitrogens with one attached hydrogen (secondary N) is 2. The molecule has 3 rings (SSSR count). The smallest absolute Gasteiger partial charge is 0.257 e. The van der Waals surface area contributed by atoms with E-state index in [0.717, 1.165) is 5.69 Å². The van der Waals surface area contributed by atoms with Crippen molar-refractivity contribution in [3.8, 4) is 17.2 Å². The van der Waals surface area contributed by atoms with E-state index in [1.807, 2.05) is 24.3 Å². The first-order chi connectivity index (χ1) is 13.6. The van der Waals surface area contributed by atoms with E-state index in [9.17, 15) is 4.79 Å². The van der Waals surface area contributed by atoms with E-state index >= 15 is 0 Å². The van der Waals surface area contributed by atoms with Gasteiger partial charge in [-0.2, -0.15) is 0 Å². The molecule has 0 radical (unpaired) electrons. The third-order valence-electron chi connectivity index (χ3n) is 4.04.